The summed E-state index contributed by atoms with van der Waals surface area (Å²) in [5.74, 6) is 0. The van der Waals surface area contributed by atoms with Crippen LogP contribution in [-0.4, -0.2) is 4.98 Å². The van der Waals surface area contributed by atoms with E-state index >= 15 is 0 Å². The van der Waals surface area contributed by atoms with Crippen LogP contribution < -0.4 is 5.73 Å². The number of pyridine rings is 1. The Labute approximate surface area is 122 Å². The fourth-order valence-electron chi connectivity index (χ4n) is 2.70. The molecule has 4 aromatic rings. The summed E-state index contributed by atoms with van der Waals surface area (Å²) in [7, 11) is 0. The van der Waals surface area contributed by atoms with E-state index in [-0.39, 0.29) is 6.04 Å². The predicted octanol–water partition coefficient (Wildman–Crippen LogP) is 4.03. The number of hydrogen-bond acceptors (Lipinski definition) is 3. The van der Waals surface area contributed by atoms with Crippen LogP contribution in [0.15, 0.2) is 71.5 Å². The lowest BCUT2D eigenvalue weighted by Gasteiger charge is -2.11. The third-order valence-electron chi connectivity index (χ3n) is 3.84. The highest BCUT2D eigenvalue weighted by Crippen LogP contribution is 2.29. The first-order valence-corrected chi connectivity index (χ1v) is 6.89. The molecule has 0 spiro atoms. The Kier molecular flexibility index (Phi) is 2.72. The number of hydrogen-bond donors (Lipinski definition) is 1. The summed E-state index contributed by atoms with van der Waals surface area (Å²) in [6, 6.07) is 17.9. The lowest BCUT2D eigenvalue weighted by molar-refractivity contribution is 0.607. The molecule has 0 aliphatic carbocycles. The Hall–Kier alpha value is -2.65. The monoisotopic (exact) mass is 274 g/mol. The molecule has 1 unspecified atom stereocenters. The van der Waals surface area contributed by atoms with Crippen molar-refractivity contribution in [3.05, 3.63) is 78.2 Å². The minimum Gasteiger partial charge on any atom is -0.464 e. The Morgan fingerprint density at radius 3 is 2.86 bits per heavy atom. The molecule has 3 heteroatoms. The SMILES string of the molecule is NC(c1ccc2cccnc2c1)c1coc2ccccc12. The first kappa shape index (κ1) is 12.1. The molecule has 2 aromatic heterocycles. The van der Waals surface area contributed by atoms with Crippen molar-refractivity contribution in [2.24, 2.45) is 5.73 Å². The van der Waals surface area contributed by atoms with E-state index in [0.717, 1.165) is 33.0 Å². The molecule has 0 aliphatic heterocycles. The van der Waals surface area contributed by atoms with Crippen LogP contribution >= 0.6 is 0 Å². The van der Waals surface area contributed by atoms with Gasteiger partial charge in [0.2, 0.25) is 0 Å². The molecule has 0 amide bonds. The van der Waals surface area contributed by atoms with Crippen molar-refractivity contribution in [2.75, 3.05) is 0 Å². The highest BCUT2D eigenvalue weighted by atomic mass is 16.3. The van der Waals surface area contributed by atoms with E-state index in [1.54, 1.807) is 12.5 Å². The molecular weight excluding hydrogens is 260 g/mol. The maximum absolute atomic E-state index is 6.43. The molecule has 0 fully saturated rings. The minimum absolute atomic E-state index is 0.222. The molecule has 0 saturated carbocycles. The minimum atomic E-state index is -0.222. The van der Waals surface area contributed by atoms with Gasteiger partial charge in [-0.3, -0.25) is 4.98 Å². The van der Waals surface area contributed by atoms with Gasteiger partial charge in [0.25, 0.3) is 0 Å². The van der Waals surface area contributed by atoms with E-state index in [4.69, 9.17) is 10.2 Å². The van der Waals surface area contributed by atoms with Crippen LogP contribution in [0.2, 0.25) is 0 Å². The van der Waals surface area contributed by atoms with Crippen molar-refractivity contribution in [1.29, 1.82) is 0 Å². The second-order valence-electron chi connectivity index (χ2n) is 5.12. The van der Waals surface area contributed by atoms with Crippen molar-refractivity contribution in [2.45, 2.75) is 6.04 Å². The smallest absolute Gasteiger partial charge is 0.134 e. The molecule has 3 nitrogen and oxygen atoms in total. The second kappa shape index (κ2) is 4.72. The molecule has 21 heavy (non-hydrogen) atoms. The molecule has 0 aliphatic rings. The number of nitrogens with zero attached hydrogens (tertiary/aromatic N) is 1. The van der Waals surface area contributed by atoms with Gasteiger partial charge in [-0.05, 0) is 23.8 Å². The number of fused-ring (bicyclic) bond motifs is 2. The van der Waals surface area contributed by atoms with E-state index in [1.165, 1.54) is 0 Å². The predicted molar refractivity (Wildman–Crippen MR) is 84.0 cm³/mol. The third kappa shape index (κ3) is 1.99. The van der Waals surface area contributed by atoms with Crippen molar-refractivity contribution < 1.29 is 4.42 Å². The van der Waals surface area contributed by atoms with Crippen molar-refractivity contribution in [1.82, 2.24) is 4.98 Å². The standard InChI is InChI=1S/C18H14N2O/c19-18(15-11-21-17-6-2-1-5-14(15)17)13-8-7-12-4-3-9-20-16(12)10-13/h1-11,18H,19H2. The molecular formula is C18H14N2O. The molecule has 2 heterocycles. The van der Waals surface area contributed by atoms with Crippen LogP contribution in [0.25, 0.3) is 21.9 Å². The summed E-state index contributed by atoms with van der Waals surface area (Å²) in [5.41, 5.74) is 10.3. The van der Waals surface area contributed by atoms with Crippen LogP contribution in [0.1, 0.15) is 17.2 Å². The highest BCUT2D eigenvalue weighted by Gasteiger charge is 2.15. The summed E-state index contributed by atoms with van der Waals surface area (Å²) in [6.07, 6.45) is 3.54. The Morgan fingerprint density at radius 1 is 1.00 bits per heavy atom. The third-order valence-corrected chi connectivity index (χ3v) is 3.84. The van der Waals surface area contributed by atoms with Gasteiger partial charge < -0.3 is 10.2 Å². The van der Waals surface area contributed by atoms with E-state index < -0.39 is 0 Å². The molecule has 102 valence electrons. The Balaban J connectivity index is 1.83. The number of para-hydroxylation sites is 1. The van der Waals surface area contributed by atoms with Gasteiger partial charge >= 0.3 is 0 Å². The molecule has 0 bridgehead atoms. The quantitative estimate of drug-likeness (QED) is 0.600. The van der Waals surface area contributed by atoms with Gasteiger partial charge in [-0.15, -0.1) is 0 Å². The molecule has 2 aromatic carbocycles. The fourth-order valence-corrected chi connectivity index (χ4v) is 2.70. The van der Waals surface area contributed by atoms with E-state index in [2.05, 4.69) is 17.1 Å². The van der Waals surface area contributed by atoms with Gasteiger partial charge in [-0.1, -0.05) is 36.4 Å². The van der Waals surface area contributed by atoms with E-state index in [9.17, 15) is 0 Å². The van der Waals surface area contributed by atoms with Crippen LogP contribution in [-0.2, 0) is 0 Å². The van der Waals surface area contributed by atoms with E-state index in [0.29, 0.717) is 0 Å². The van der Waals surface area contributed by atoms with Crippen LogP contribution in [0.3, 0.4) is 0 Å². The number of rotatable bonds is 2. The van der Waals surface area contributed by atoms with Crippen molar-refractivity contribution in [3.63, 3.8) is 0 Å². The normalized spacial score (nSPS) is 12.8. The first-order valence-electron chi connectivity index (χ1n) is 6.89. The van der Waals surface area contributed by atoms with Crippen LogP contribution in [0.5, 0.6) is 0 Å². The van der Waals surface area contributed by atoms with Crippen molar-refractivity contribution in [3.8, 4) is 0 Å². The van der Waals surface area contributed by atoms with Crippen molar-refractivity contribution >= 4 is 21.9 Å². The summed E-state index contributed by atoms with van der Waals surface area (Å²) in [4.78, 5) is 4.39. The largest absolute Gasteiger partial charge is 0.464 e. The second-order valence-corrected chi connectivity index (χ2v) is 5.12. The fraction of sp³-hybridized carbons (Fsp3) is 0.0556. The van der Waals surface area contributed by atoms with Crippen LogP contribution in [0, 0.1) is 0 Å². The van der Waals surface area contributed by atoms with Gasteiger partial charge in [0.05, 0.1) is 17.8 Å². The lowest BCUT2D eigenvalue weighted by atomic mass is 9.98. The topological polar surface area (TPSA) is 52.0 Å². The van der Waals surface area contributed by atoms with Crippen LogP contribution in [0.4, 0.5) is 0 Å². The molecule has 2 N–H and O–H groups in total. The van der Waals surface area contributed by atoms with Gasteiger partial charge in [-0.2, -0.15) is 0 Å². The van der Waals surface area contributed by atoms with Gasteiger partial charge in [0.1, 0.15) is 5.58 Å². The van der Waals surface area contributed by atoms with Gasteiger partial charge in [-0.25, -0.2) is 0 Å². The number of furan rings is 1. The zero-order chi connectivity index (χ0) is 14.2. The average Bonchev–Trinajstić information content (AvgIpc) is 2.98. The molecule has 0 saturated heterocycles. The van der Waals surface area contributed by atoms with Gasteiger partial charge in [0, 0.05) is 22.5 Å². The van der Waals surface area contributed by atoms with Gasteiger partial charge in [0.15, 0.2) is 0 Å². The maximum Gasteiger partial charge on any atom is 0.134 e. The summed E-state index contributed by atoms with van der Waals surface area (Å²) < 4.78 is 5.58. The average molecular weight is 274 g/mol. The maximum atomic E-state index is 6.43. The summed E-state index contributed by atoms with van der Waals surface area (Å²) >= 11 is 0. The Morgan fingerprint density at radius 2 is 1.90 bits per heavy atom. The molecule has 4 rings (SSSR count). The number of benzene rings is 2. The highest BCUT2D eigenvalue weighted by molar-refractivity contribution is 5.83. The summed E-state index contributed by atoms with van der Waals surface area (Å²) in [6.45, 7) is 0. The molecule has 0 radical (unpaired) electrons. The lowest BCUT2D eigenvalue weighted by Crippen LogP contribution is -2.11. The zero-order valence-corrected chi connectivity index (χ0v) is 11.4. The Bertz CT molecular complexity index is 926. The summed E-state index contributed by atoms with van der Waals surface area (Å²) in [5, 5.41) is 2.18. The first-order chi connectivity index (χ1) is 10.3. The number of nitrogens with two attached hydrogens (primary N) is 1. The molecule has 1 atom stereocenters. The zero-order valence-electron chi connectivity index (χ0n) is 11.4. The van der Waals surface area contributed by atoms with E-state index in [1.807, 2.05) is 42.5 Å². The number of aromatic nitrogens is 1.